The molecule has 13 heteroatoms. The zero-order valence-corrected chi connectivity index (χ0v) is 16.2. The number of aliphatic hydroxyl groups is 4. The number of non-ortho nitro benzene ring substituents is 1. The maximum absolute atomic E-state index is 11.0. The molecule has 2 aliphatic heterocycles. The van der Waals surface area contributed by atoms with Crippen molar-refractivity contribution in [2.24, 2.45) is 4.99 Å². The molecule has 4 rings (SSSR count). The van der Waals surface area contributed by atoms with Gasteiger partial charge < -0.3 is 30.5 Å². The summed E-state index contributed by atoms with van der Waals surface area (Å²) in [5, 5.41) is 52.5. The molecule has 2 aromatic rings. The van der Waals surface area contributed by atoms with E-state index in [1.54, 1.807) is 12.1 Å². The summed E-state index contributed by atoms with van der Waals surface area (Å²) in [6.07, 6.45) is -1.92. The lowest BCUT2D eigenvalue weighted by Crippen LogP contribution is -2.33. The van der Waals surface area contributed by atoms with E-state index >= 15 is 0 Å². The summed E-state index contributed by atoms with van der Waals surface area (Å²) in [5.41, 5.74) is 0.897. The maximum atomic E-state index is 11.0. The van der Waals surface area contributed by atoms with Crippen LogP contribution >= 0.6 is 11.8 Å². The van der Waals surface area contributed by atoms with Gasteiger partial charge in [0.1, 0.15) is 29.8 Å². The number of nitrogens with one attached hydrogen (secondary N) is 1. The van der Waals surface area contributed by atoms with Crippen molar-refractivity contribution in [3.05, 3.63) is 52.0 Å². The zero-order chi connectivity index (χ0) is 21.5. The highest BCUT2D eigenvalue weighted by atomic mass is 32.2. The second kappa shape index (κ2) is 7.94. The second-order valence-corrected chi connectivity index (χ2v) is 7.95. The molecule has 5 atom stereocenters. The van der Waals surface area contributed by atoms with Crippen molar-refractivity contribution in [1.29, 1.82) is 0 Å². The molecule has 1 saturated heterocycles. The highest BCUT2D eigenvalue weighted by Gasteiger charge is 2.46. The van der Waals surface area contributed by atoms with Gasteiger partial charge in [-0.05, 0) is 5.56 Å². The van der Waals surface area contributed by atoms with Crippen molar-refractivity contribution in [3.8, 4) is 0 Å². The first-order valence-corrected chi connectivity index (χ1v) is 9.92. The third kappa shape index (κ3) is 3.55. The Balaban J connectivity index is 1.54. The first kappa shape index (κ1) is 20.7. The summed E-state index contributed by atoms with van der Waals surface area (Å²) in [6, 6.07) is 5.96. The molecule has 3 heterocycles. The van der Waals surface area contributed by atoms with Crippen LogP contribution in [0.2, 0.25) is 0 Å². The van der Waals surface area contributed by atoms with Gasteiger partial charge >= 0.3 is 0 Å². The van der Waals surface area contributed by atoms with Crippen LogP contribution in [0.5, 0.6) is 0 Å². The van der Waals surface area contributed by atoms with E-state index in [9.17, 15) is 30.5 Å². The molecule has 1 fully saturated rings. The molecular weight excluding hydrogens is 418 g/mol. The minimum atomic E-state index is -1.74. The highest BCUT2D eigenvalue weighted by molar-refractivity contribution is 7.99. The molecule has 1 unspecified atom stereocenters. The SMILES string of the molecule is O=[N+]([O-])c1ccc(CSC2(O)N=CNc3c2ncn3[C@@H]2O[C@H](CO)[C@@H](O)[C@H]2O)cc1. The summed E-state index contributed by atoms with van der Waals surface area (Å²) in [6.45, 7) is -0.463. The minimum Gasteiger partial charge on any atom is -0.394 e. The van der Waals surface area contributed by atoms with Gasteiger partial charge in [0.05, 0.1) is 24.2 Å². The number of hydrogen-bond donors (Lipinski definition) is 5. The third-order valence-corrected chi connectivity index (χ3v) is 6.10. The van der Waals surface area contributed by atoms with Crippen LogP contribution in [0.1, 0.15) is 17.5 Å². The van der Waals surface area contributed by atoms with Crippen molar-refractivity contribution in [2.45, 2.75) is 35.3 Å². The van der Waals surface area contributed by atoms with Crippen molar-refractivity contribution < 1.29 is 30.1 Å². The average molecular weight is 437 g/mol. The average Bonchev–Trinajstić information content (AvgIpc) is 3.29. The fourth-order valence-electron chi connectivity index (χ4n) is 3.29. The number of nitro benzene ring substituents is 1. The molecule has 0 amide bonds. The Labute approximate surface area is 174 Å². The molecule has 2 aliphatic rings. The number of nitro groups is 1. The molecule has 5 N–H and O–H groups in total. The van der Waals surface area contributed by atoms with Crippen molar-refractivity contribution in [1.82, 2.24) is 9.55 Å². The Kier molecular flexibility index (Phi) is 5.48. The lowest BCUT2D eigenvalue weighted by molar-refractivity contribution is -0.384. The van der Waals surface area contributed by atoms with Gasteiger partial charge in [-0.1, -0.05) is 23.9 Å². The van der Waals surface area contributed by atoms with E-state index in [1.807, 2.05) is 0 Å². The van der Waals surface area contributed by atoms with E-state index in [0.29, 0.717) is 11.6 Å². The van der Waals surface area contributed by atoms with Crippen LogP contribution in [-0.2, 0) is 15.5 Å². The molecule has 1 aromatic carbocycles. The molecule has 0 saturated carbocycles. The fourth-order valence-corrected chi connectivity index (χ4v) is 4.26. The number of aliphatic imine (C=N–C) groups is 1. The Hall–Kier alpha value is -2.55. The lowest BCUT2D eigenvalue weighted by Gasteiger charge is -2.27. The van der Waals surface area contributed by atoms with Gasteiger partial charge in [-0.3, -0.25) is 14.7 Å². The number of imidazole rings is 1. The quantitative estimate of drug-likeness (QED) is 0.233. The van der Waals surface area contributed by atoms with Crippen LogP contribution in [0.25, 0.3) is 0 Å². The van der Waals surface area contributed by atoms with Gasteiger partial charge in [-0.2, -0.15) is 0 Å². The Morgan fingerprint density at radius 2 is 2.03 bits per heavy atom. The van der Waals surface area contributed by atoms with Crippen LogP contribution in [0, 0.1) is 10.1 Å². The van der Waals surface area contributed by atoms with Crippen molar-refractivity contribution in [2.75, 3.05) is 11.9 Å². The normalized spacial score (nSPS) is 30.1. The number of fused-ring (bicyclic) bond motifs is 1. The van der Waals surface area contributed by atoms with Gasteiger partial charge in [-0.25, -0.2) is 9.98 Å². The molecule has 0 spiro atoms. The zero-order valence-electron chi connectivity index (χ0n) is 15.4. The number of hydrogen-bond acceptors (Lipinski definition) is 11. The summed E-state index contributed by atoms with van der Waals surface area (Å²) in [7, 11) is 0. The molecule has 160 valence electrons. The largest absolute Gasteiger partial charge is 0.394 e. The summed E-state index contributed by atoms with van der Waals surface area (Å²) >= 11 is 1.05. The summed E-state index contributed by atoms with van der Waals surface area (Å²) < 4.78 is 6.94. The van der Waals surface area contributed by atoms with E-state index in [0.717, 1.165) is 17.3 Å². The molecular formula is C17H19N5O7S. The lowest BCUT2D eigenvalue weighted by atomic mass is 10.1. The molecule has 0 radical (unpaired) electrons. The van der Waals surface area contributed by atoms with Crippen LogP contribution < -0.4 is 5.32 Å². The molecule has 12 nitrogen and oxygen atoms in total. The van der Waals surface area contributed by atoms with E-state index in [2.05, 4.69) is 15.3 Å². The fraction of sp³-hybridized carbons (Fsp3) is 0.412. The van der Waals surface area contributed by atoms with Gasteiger partial charge in [0, 0.05) is 17.9 Å². The predicted molar refractivity (Wildman–Crippen MR) is 106 cm³/mol. The molecule has 0 aliphatic carbocycles. The molecule has 1 aromatic heterocycles. The van der Waals surface area contributed by atoms with Crippen LogP contribution in [0.15, 0.2) is 35.6 Å². The summed E-state index contributed by atoms with van der Waals surface area (Å²) in [5.74, 6) is 0.616. The van der Waals surface area contributed by atoms with Gasteiger partial charge in [0.15, 0.2) is 6.23 Å². The van der Waals surface area contributed by atoms with Gasteiger partial charge in [0.2, 0.25) is 0 Å². The number of anilines is 1. The Morgan fingerprint density at radius 3 is 2.67 bits per heavy atom. The van der Waals surface area contributed by atoms with E-state index in [4.69, 9.17) is 4.74 Å². The Morgan fingerprint density at radius 1 is 1.30 bits per heavy atom. The van der Waals surface area contributed by atoms with Crippen LogP contribution in [-0.4, -0.2) is 66.2 Å². The number of rotatable bonds is 6. The summed E-state index contributed by atoms with van der Waals surface area (Å²) in [4.78, 5) is 18.6. The van der Waals surface area contributed by atoms with Gasteiger partial charge in [0.25, 0.3) is 10.7 Å². The topological polar surface area (TPSA) is 176 Å². The van der Waals surface area contributed by atoms with E-state index < -0.39 is 41.1 Å². The minimum absolute atomic E-state index is 0.0260. The number of benzene rings is 1. The number of aromatic nitrogens is 2. The maximum Gasteiger partial charge on any atom is 0.269 e. The van der Waals surface area contributed by atoms with Crippen molar-refractivity contribution >= 4 is 29.6 Å². The van der Waals surface area contributed by atoms with Crippen molar-refractivity contribution in [3.63, 3.8) is 0 Å². The van der Waals surface area contributed by atoms with Crippen LogP contribution in [0.3, 0.4) is 0 Å². The smallest absolute Gasteiger partial charge is 0.269 e. The highest BCUT2D eigenvalue weighted by Crippen LogP contribution is 2.43. The second-order valence-electron chi connectivity index (χ2n) is 6.80. The number of thioether (sulfide) groups is 1. The Bertz CT molecular complexity index is 968. The predicted octanol–water partition coefficient (Wildman–Crippen LogP) is -0.107. The first-order chi connectivity index (χ1) is 14.3. The monoisotopic (exact) mass is 437 g/mol. The van der Waals surface area contributed by atoms with Gasteiger partial charge in [-0.15, -0.1) is 0 Å². The van der Waals surface area contributed by atoms with E-state index in [1.165, 1.54) is 29.4 Å². The number of aliphatic hydroxyl groups excluding tert-OH is 3. The molecule has 0 bridgehead atoms. The first-order valence-electron chi connectivity index (χ1n) is 8.93. The number of ether oxygens (including phenoxy) is 1. The third-order valence-electron chi connectivity index (χ3n) is 4.92. The molecule has 30 heavy (non-hydrogen) atoms. The van der Waals surface area contributed by atoms with Crippen LogP contribution in [0.4, 0.5) is 11.5 Å². The van der Waals surface area contributed by atoms with E-state index in [-0.39, 0.29) is 11.4 Å². The standard InChI is InChI=1S/C17H19N5O7S/c23-5-11-12(24)13(25)16(29-11)21-8-19-14-15(21)18-7-20-17(14,26)30-6-9-1-3-10(4-2-9)22(27)28/h1-4,7-8,11-13,16,23-26H,5-6H2,(H,18,20)/t11-,12-,13-,16-,17?/m1/s1. The number of nitrogens with zero attached hydrogens (tertiary/aromatic N) is 4.